The number of quaternary nitrogens is 1. The number of ether oxygens (including phenoxy) is 2. The molecule has 0 radical (unpaired) electrons. The van der Waals surface area contributed by atoms with E-state index in [0.29, 0.717) is 25.0 Å². The third-order valence-corrected chi connectivity index (χ3v) is 5.55. The van der Waals surface area contributed by atoms with Crippen LogP contribution in [0.5, 0.6) is 0 Å². The first kappa shape index (κ1) is 14.4. The van der Waals surface area contributed by atoms with Gasteiger partial charge in [0.2, 0.25) is 0 Å². The molecule has 5 nitrogen and oxygen atoms in total. The second-order valence-corrected chi connectivity index (χ2v) is 6.96. The van der Waals surface area contributed by atoms with Gasteiger partial charge in [0.1, 0.15) is 0 Å². The smallest absolute Gasteiger partial charge is 0.191 e. The number of hydrogen-bond acceptors (Lipinski definition) is 4. The van der Waals surface area contributed by atoms with Crippen LogP contribution in [0.3, 0.4) is 0 Å². The van der Waals surface area contributed by atoms with Crippen LogP contribution in [0.15, 0.2) is 36.4 Å². The number of rotatable bonds is 2. The highest BCUT2D eigenvalue weighted by atomic mass is 16.8. The Hall–Kier alpha value is -1.24. The Balaban J connectivity index is 1.51. The fraction of sp³-hybridized carbons (Fsp3) is 0.529. The molecule has 3 unspecified atom stereocenters. The first-order valence-corrected chi connectivity index (χ1v) is 7.81. The molecule has 1 saturated carbocycles. The molecular formula is C17H21NO4. The first-order chi connectivity index (χ1) is 10.5. The Kier molecular flexibility index (Phi) is 3.18. The second kappa shape index (κ2) is 4.88. The summed E-state index contributed by atoms with van der Waals surface area (Å²) in [6.45, 7) is 3.32. The maximum absolute atomic E-state index is 10.9. The molecule has 3 aliphatic rings. The molecule has 1 aromatic rings. The number of nitrogens with one attached hydrogen (secondary N) is 1. The molecule has 5 heteroatoms. The van der Waals surface area contributed by atoms with Gasteiger partial charge in [0.05, 0.1) is 13.2 Å². The Morgan fingerprint density at radius 2 is 1.86 bits per heavy atom. The van der Waals surface area contributed by atoms with Gasteiger partial charge in [-0.05, 0) is 43.7 Å². The van der Waals surface area contributed by atoms with Gasteiger partial charge in [-0.3, -0.25) is 0 Å². The number of allylic oxidation sites excluding steroid dienone is 2. The molecule has 22 heavy (non-hydrogen) atoms. The summed E-state index contributed by atoms with van der Waals surface area (Å²) < 4.78 is 12.3. The molecule has 4 rings (SSSR count). The highest BCUT2D eigenvalue weighted by molar-refractivity contribution is 5.34. The first-order valence-electron chi connectivity index (χ1n) is 7.81. The average molecular weight is 303 g/mol. The Labute approximate surface area is 129 Å². The van der Waals surface area contributed by atoms with Gasteiger partial charge in [0, 0.05) is 23.1 Å². The highest BCUT2D eigenvalue weighted by Gasteiger charge is 2.53. The van der Waals surface area contributed by atoms with Crippen LogP contribution < -0.4 is 5.23 Å². The van der Waals surface area contributed by atoms with Gasteiger partial charge < -0.3 is 14.7 Å². The van der Waals surface area contributed by atoms with Crippen LogP contribution in [0.4, 0.5) is 5.69 Å². The predicted octanol–water partition coefficient (Wildman–Crippen LogP) is 1.89. The quantitative estimate of drug-likeness (QED) is 0.647. The fourth-order valence-electron chi connectivity index (χ4n) is 4.11. The van der Waals surface area contributed by atoms with Crippen molar-refractivity contribution in [2.45, 2.75) is 25.6 Å². The molecule has 1 heterocycles. The second-order valence-electron chi connectivity index (χ2n) is 6.96. The van der Waals surface area contributed by atoms with E-state index >= 15 is 0 Å². The van der Waals surface area contributed by atoms with E-state index in [1.807, 2.05) is 6.92 Å². The zero-order valence-corrected chi connectivity index (χ0v) is 12.6. The summed E-state index contributed by atoms with van der Waals surface area (Å²) in [5.74, 6) is 0.487. The maximum atomic E-state index is 10.9. The lowest BCUT2D eigenvalue weighted by Gasteiger charge is -2.46. The highest BCUT2D eigenvalue weighted by Crippen LogP contribution is 2.55. The maximum Gasteiger partial charge on any atom is 0.191 e. The largest absolute Gasteiger partial charge is 0.595 e. The van der Waals surface area contributed by atoms with Crippen LogP contribution in [-0.2, 0) is 15.3 Å². The summed E-state index contributed by atoms with van der Waals surface area (Å²) >= 11 is 0. The molecule has 2 N–H and O–H groups in total. The standard InChI is InChI=1S/C17H21NO4/c1-16(13-4-6-15(7-5-13)18(19)20)21-10-17(11-22-16)9-12-2-3-14(17)8-12/h2-7,12,14,18-19H,8-11H2,1H3. The summed E-state index contributed by atoms with van der Waals surface area (Å²) in [6.07, 6.45) is 7.04. The van der Waals surface area contributed by atoms with E-state index in [2.05, 4.69) is 12.2 Å². The monoisotopic (exact) mass is 303 g/mol. The molecular weight excluding hydrogens is 282 g/mol. The SMILES string of the molecule is CC1(c2ccc([NH+]([O-])O)cc2)OCC2(CO1)CC1C=CC2C1. The van der Waals surface area contributed by atoms with Crippen LogP contribution in [0, 0.1) is 22.5 Å². The van der Waals surface area contributed by atoms with Crippen molar-refractivity contribution < 1.29 is 19.9 Å². The van der Waals surface area contributed by atoms with E-state index in [9.17, 15) is 5.21 Å². The van der Waals surface area contributed by atoms with Gasteiger partial charge in [-0.25, -0.2) is 5.21 Å². The average Bonchev–Trinajstić information content (AvgIpc) is 3.12. The molecule has 0 amide bonds. The minimum absolute atomic E-state index is 0.139. The van der Waals surface area contributed by atoms with Crippen molar-refractivity contribution in [3.8, 4) is 0 Å². The summed E-state index contributed by atoms with van der Waals surface area (Å²) in [5.41, 5.74) is 1.28. The zero-order valence-electron chi connectivity index (χ0n) is 12.6. The van der Waals surface area contributed by atoms with E-state index in [0.717, 1.165) is 12.0 Å². The molecule has 1 spiro atoms. The number of fused-ring (bicyclic) bond motifs is 3. The molecule has 3 atom stereocenters. The summed E-state index contributed by atoms with van der Waals surface area (Å²) in [4.78, 5) is 0. The van der Waals surface area contributed by atoms with Crippen molar-refractivity contribution in [1.82, 2.24) is 0 Å². The molecule has 2 fully saturated rings. The lowest BCUT2D eigenvalue weighted by Crippen LogP contribution is -2.99. The third-order valence-electron chi connectivity index (χ3n) is 5.55. The minimum atomic E-state index is -0.921. The fourth-order valence-corrected chi connectivity index (χ4v) is 4.11. The van der Waals surface area contributed by atoms with Gasteiger partial charge in [-0.2, -0.15) is 5.23 Å². The van der Waals surface area contributed by atoms with Gasteiger partial charge >= 0.3 is 0 Å². The summed E-state index contributed by atoms with van der Waals surface area (Å²) in [7, 11) is 0. The van der Waals surface area contributed by atoms with E-state index in [1.54, 1.807) is 24.3 Å². The summed E-state index contributed by atoms with van der Waals surface area (Å²) in [6, 6.07) is 6.75. The van der Waals surface area contributed by atoms with Crippen LogP contribution in [0.2, 0.25) is 0 Å². The number of hydrogen-bond donors (Lipinski definition) is 2. The molecule has 1 aromatic carbocycles. The zero-order chi connectivity index (χ0) is 15.4. The molecule has 1 saturated heterocycles. The normalized spacial score (nSPS) is 41.2. The molecule has 2 bridgehead atoms. The van der Waals surface area contributed by atoms with E-state index in [1.165, 1.54) is 6.42 Å². The molecule has 1 aliphatic heterocycles. The van der Waals surface area contributed by atoms with Crippen molar-refractivity contribution in [1.29, 1.82) is 0 Å². The van der Waals surface area contributed by atoms with Crippen LogP contribution >= 0.6 is 0 Å². The van der Waals surface area contributed by atoms with Crippen molar-refractivity contribution in [3.63, 3.8) is 0 Å². The van der Waals surface area contributed by atoms with Crippen LogP contribution in [-0.4, -0.2) is 18.4 Å². The lowest BCUT2D eigenvalue weighted by molar-refractivity contribution is -0.991. The third kappa shape index (κ3) is 2.13. The Bertz CT molecular complexity index is 587. The lowest BCUT2D eigenvalue weighted by atomic mass is 9.76. The molecule has 2 aliphatic carbocycles. The number of benzene rings is 1. The van der Waals surface area contributed by atoms with Gasteiger partial charge in [0.15, 0.2) is 11.5 Å². The topological polar surface area (TPSA) is 66.2 Å². The van der Waals surface area contributed by atoms with Crippen LogP contribution in [0.1, 0.15) is 25.3 Å². The van der Waals surface area contributed by atoms with E-state index in [-0.39, 0.29) is 11.1 Å². The predicted molar refractivity (Wildman–Crippen MR) is 79.3 cm³/mol. The molecule has 118 valence electrons. The molecule has 0 aromatic heterocycles. The Morgan fingerprint density at radius 3 is 2.36 bits per heavy atom. The van der Waals surface area contributed by atoms with E-state index in [4.69, 9.17) is 14.7 Å². The minimum Gasteiger partial charge on any atom is -0.595 e. The van der Waals surface area contributed by atoms with E-state index < -0.39 is 11.0 Å². The summed E-state index contributed by atoms with van der Waals surface area (Å²) in [5, 5.41) is 19.0. The van der Waals surface area contributed by atoms with Crippen molar-refractivity contribution in [3.05, 3.63) is 47.2 Å². The van der Waals surface area contributed by atoms with Crippen molar-refractivity contribution >= 4 is 5.69 Å². The van der Waals surface area contributed by atoms with Crippen molar-refractivity contribution in [2.24, 2.45) is 17.3 Å². The van der Waals surface area contributed by atoms with Crippen molar-refractivity contribution in [2.75, 3.05) is 13.2 Å². The van der Waals surface area contributed by atoms with Gasteiger partial charge in [0.25, 0.3) is 0 Å². The Morgan fingerprint density at radius 1 is 1.18 bits per heavy atom. The van der Waals surface area contributed by atoms with Crippen LogP contribution in [0.25, 0.3) is 0 Å². The van der Waals surface area contributed by atoms with Gasteiger partial charge in [-0.1, -0.05) is 12.2 Å². The van der Waals surface area contributed by atoms with Gasteiger partial charge in [-0.15, -0.1) is 0 Å².